The third-order valence-corrected chi connectivity index (χ3v) is 9.63. The summed E-state index contributed by atoms with van der Waals surface area (Å²) in [6, 6.07) is 14.0. The van der Waals surface area contributed by atoms with Gasteiger partial charge in [0, 0.05) is 37.3 Å². The van der Waals surface area contributed by atoms with Crippen molar-refractivity contribution in [2.75, 3.05) is 26.7 Å². The average molecular weight is 612 g/mol. The summed E-state index contributed by atoms with van der Waals surface area (Å²) in [4.78, 5) is 44.6. The molecular formula is C34H46ClN3O5. The van der Waals surface area contributed by atoms with E-state index in [0.717, 1.165) is 44.1 Å². The summed E-state index contributed by atoms with van der Waals surface area (Å²) in [7, 11) is 1.60. The first-order valence-electron chi connectivity index (χ1n) is 15.7. The van der Waals surface area contributed by atoms with Gasteiger partial charge in [-0.2, -0.15) is 0 Å². The molecular weight excluding hydrogens is 566 g/mol. The Morgan fingerprint density at radius 2 is 1.60 bits per heavy atom. The van der Waals surface area contributed by atoms with Crippen molar-refractivity contribution in [3.05, 3.63) is 65.2 Å². The number of carbonyl (C=O) groups excluding carboxylic acids is 3. The molecule has 43 heavy (non-hydrogen) atoms. The fourth-order valence-electron chi connectivity index (χ4n) is 6.97. The minimum atomic E-state index is -0.861. The van der Waals surface area contributed by atoms with Crippen LogP contribution in [-0.2, 0) is 16.1 Å². The first kappa shape index (κ1) is 33.0. The van der Waals surface area contributed by atoms with Crippen LogP contribution in [0.3, 0.4) is 0 Å². The lowest BCUT2D eigenvalue weighted by molar-refractivity contribution is -0.166. The molecule has 2 heterocycles. The van der Waals surface area contributed by atoms with Crippen LogP contribution in [0.25, 0.3) is 0 Å². The van der Waals surface area contributed by atoms with Gasteiger partial charge in [0.15, 0.2) is 5.78 Å². The standard InChI is InChI=1S/C34H45N3O5.ClH/c1-3-4-20-37-32(40)29(31(39)25-8-6-5-7-9-25)35-33(41)34(37)18-21-36(22-19-34)23-24-10-12-26(13-11-24)30(38)27-14-16-28(42-2)17-15-27;/h10-17,25,29,31,39H,3-9,18-23H2,1-2H3,(H,35,41);1H/t29-,31-;/m1./s1. The second kappa shape index (κ2) is 14.7. The van der Waals surface area contributed by atoms with E-state index in [9.17, 15) is 19.5 Å². The van der Waals surface area contributed by atoms with E-state index in [4.69, 9.17) is 4.74 Å². The van der Waals surface area contributed by atoms with E-state index in [1.165, 1.54) is 6.42 Å². The minimum absolute atomic E-state index is 0. The molecule has 2 saturated heterocycles. The highest BCUT2D eigenvalue weighted by molar-refractivity contribution is 6.09. The van der Waals surface area contributed by atoms with E-state index in [1.54, 1.807) is 31.4 Å². The Hall–Kier alpha value is -2.94. The first-order chi connectivity index (χ1) is 20.4. The summed E-state index contributed by atoms with van der Waals surface area (Å²) in [5.41, 5.74) is 1.49. The number of piperidine rings is 1. The Bertz CT molecular complexity index is 1240. The molecule has 2 aromatic rings. The Balaban J connectivity index is 0.00000423. The lowest BCUT2D eigenvalue weighted by Gasteiger charge is -2.52. The van der Waals surface area contributed by atoms with Crippen molar-refractivity contribution in [2.45, 2.75) is 88.9 Å². The molecule has 0 unspecified atom stereocenters. The van der Waals surface area contributed by atoms with Gasteiger partial charge in [0.05, 0.1) is 13.2 Å². The van der Waals surface area contributed by atoms with E-state index in [-0.39, 0.29) is 35.9 Å². The van der Waals surface area contributed by atoms with Crippen molar-refractivity contribution < 1.29 is 24.2 Å². The molecule has 0 radical (unpaired) electrons. The van der Waals surface area contributed by atoms with E-state index in [0.29, 0.717) is 55.9 Å². The number of unbranched alkanes of at least 4 members (excludes halogenated alkanes) is 1. The van der Waals surface area contributed by atoms with Crippen LogP contribution in [0.5, 0.6) is 5.75 Å². The molecule has 0 aromatic heterocycles. The molecule has 1 aliphatic carbocycles. The summed E-state index contributed by atoms with van der Waals surface area (Å²) >= 11 is 0. The van der Waals surface area contributed by atoms with E-state index >= 15 is 0 Å². The maximum atomic E-state index is 13.8. The largest absolute Gasteiger partial charge is 0.497 e. The molecule has 2 aromatic carbocycles. The summed E-state index contributed by atoms with van der Waals surface area (Å²) in [5.74, 6) is 0.516. The van der Waals surface area contributed by atoms with Gasteiger partial charge in [0.25, 0.3) is 0 Å². The summed E-state index contributed by atoms with van der Waals surface area (Å²) in [6.45, 7) is 4.71. The SMILES string of the molecule is CCCCN1C(=O)[C@@H]([C@H](O)C2CCCCC2)NC(=O)C12CCN(Cc1ccc(C(=O)c3ccc(OC)cc3)cc1)CC2.Cl. The van der Waals surface area contributed by atoms with Gasteiger partial charge in [-0.25, -0.2) is 0 Å². The number of aliphatic hydroxyl groups is 1. The summed E-state index contributed by atoms with van der Waals surface area (Å²) < 4.78 is 5.18. The Kier molecular flexibility index (Phi) is 11.3. The summed E-state index contributed by atoms with van der Waals surface area (Å²) in [5, 5.41) is 14.2. The van der Waals surface area contributed by atoms with Crippen molar-refractivity contribution in [1.82, 2.24) is 15.1 Å². The van der Waals surface area contributed by atoms with Gasteiger partial charge < -0.3 is 20.1 Å². The number of amides is 2. The summed E-state index contributed by atoms with van der Waals surface area (Å²) in [6.07, 6.45) is 7.18. The highest BCUT2D eigenvalue weighted by Crippen LogP contribution is 2.36. The molecule has 3 fully saturated rings. The number of hydrogen-bond donors (Lipinski definition) is 2. The van der Waals surface area contributed by atoms with Crippen molar-refractivity contribution >= 4 is 30.0 Å². The van der Waals surface area contributed by atoms with E-state index < -0.39 is 17.7 Å². The fraction of sp³-hybridized carbons (Fsp3) is 0.559. The maximum absolute atomic E-state index is 13.8. The van der Waals surface area contributed by atoms with Crippen LogP contribution in [0.2, 0.25) is 0 Å². The second-order valence-corrected chi connectivity index (χ2v) is 12.2. The van der Waals surface area contributed by atoms with Crippen LogP contribution in [-0.4, -0.2) is 76.9 Å². The number of rotatable bonds is 10. The zero-order valence-corrected chi connectivity index (χ0v) is 26.2. The number of piperazine rings is 1. The Labute approximate surface area is 261 Å². The zero-order chi connectivity index (χ0) is 29.7. The quantitative estimate of drug-likeness (QED) is 0.376. The van der Waals surface area contributed by atoms with Crippen LogP contribution in [0, 0.1) is 5.92 Å². The Morgan fingerprint density at radius 3 is 2.19 bits per heavy atom. The van der Waals surface area contributed by atoms with Gasteiger partial charge in [0.1, 0.15) is 17.3 Å². The lowest BCUT2D eigenvalue weighted by Crippen LogP contribution is -2.75. The van der Waals surface area contributed by atoms with Crippen LogP contribution in [0.15, 0.2) is 48.5 Å². The van der Waals surface area contributed by atoms with Gasteiger partial charge in [-0.1, -0.05) is 56.9 Å². The highest BCUT2D eigenvalue weighted by Gasteiger charge is 2.55. The third kappa shape index (κ3) is 7.08. The van der Waals surface area contributed by atoms with E-state index in [1.807, 2.05) is 29.2 Å². The fourth-order valence-corrected chi connectivity index (χ4v) is 6.97. The number of methoxy groups -OCH3 is 1. The van der Waals surface area contributed by atoms with Crippen LogP contribution in [0.4, 0.5) is 0 Å². The lowest BCUT2D eigenvalue weighted by atomic mass is 9.78. The Morgan fingerprint density at radius 1 is 1.00 bits per heavy atom. The number of nitrogens with zero attached hydrogens (tertiary/aromatic N) is 2. The van der Waals surface area contributed by atoms with E-state index in [2.05, 4.69) is 17.1 Å². The average Bonchev–Trinajstić information content (AvgIpc) is 3.04. The molecule has 1 spiro atoms. The number of nitrogens with one attached hydrogen (secondary N) is 1. The van der Waals surface area contributed by atoms with Crippen LogP contribution >= 0.6 is 12.4 Å². The molecule has 1 saturated carbocycles. The predicted molar refractivity (Wildman–Crippen MR) is 168 cm³/mol. The number of benzene rings is 2. The monoisotopic (exact) mass is 611 g/mol. The normalized spacial score (nSPS) is 21.7. The number of halogens is 1. The molecule has 2 atom stereocenters. The number of aliphatic hydroxyl groups excluding tert-OH is 1. The number of carbonyl (C=O) groups is 3. The number of ether oxygens (including phenoxy) is 1. The smallest absolute Gasteiger partial charge is 0.248 e. The van der Waals surface area contributed by atoms with Crippen molar-refractivity contribution in [2.24, 2.45) is 5.92 Å². The second-order valence-electron chi connectivity index (χ2n) is 12.2. The number of ketones is 1. The molecule has 2 N–H and O–H groups in total. The van der Waals surface area contributed by atoms with Crippen molar-refractivity contribution in [1.29, 1.82) is 0 Å². The highest BCUT2D eigenvalue weighted by atomic mass is 35.5. The molecule has 2 amide bonds. The van der Waals surface area contributed by atoms with Gasteiger partial charge in [-0.3, -0.25) is 19.3 Å². The van der Waals surface area contributed by atoms with Crippen LogP contribution in [0.1, 0.15) is 86.2 Å². The van der Waals surface area contributed by atoms with Gasteiger partial charge in [-0.05, 0) is 67.9 Å². The topological polar surface area (TPSA) is 99.2 Å². The molecule has 0 bridgehead atoms. The number of hydrogen-bond acceptors (Lipinski definition) is 6. The molecule has 5 rings (SSSR count). The molecule has 8 nitrogen and oxygen atoms in total. The predicted octanol–water partition coefficient (Wildman–Crippen LogP) is 4.75. The van der Waals surface area contributed by atoms with Crippen molar-refractivity contribution in [3.8, 4) is 5.75 Å². The number of likely N-dealkylation sites (tertiary alicyclic amines) is 1. The molecule has 2 aliphatic heterocycles. The van der Waals surface area contributed by atoms with Crippen LogP contribution < -0.4 is 10.1 Å². The van der Waals surface area contributed by atoms with Crippen molar-refractivity contribution in [3.63, 3.8) is 0 Å². The van der Waals surface area contributed by atoms with Gasteiger partial charge in [-0.15, -0.1) is 12.4 Å². The zero-order valence-electron chi connectivity index (χ0n) is 25.4. The first-order valence-corrected chi connectivity index (χ1v) is 15.7. The molecule has 234 valence electrons. The third-order valence-electron chi connectivity index (χ3n) is 9.63. The maximum Gasteiger partial charge on any atom is 0.248 e. The molecule has 9 heteroatoms. The molecule has 3 aliphatic rings. The van der Waals surface area contributed by atoms with Gasteiger partial charge in [0.2, 0.25) is 11.8 Å². The minimum Gasteiger partial charge on any atom is -0.497 e. The van der Waals surface area contributed by atoms with Gasteiger partial charge >= 0.3 is 0 Å².